The van der Waals surface area contributed by atoms with Crippen molar-refractivity contribution in [1.29, 1.82) is 0 Å². The summed E-state index contributed by atoms with van der Waals surface area (Å²) in [6, 6.07) is 7.90. The van der Waals surface area contributed by atoms with Gasteiger partial charge in [-0.3, -0.25) is 10.7 Å². The van der Waals surface area contributed by atoms with Crippen LogP contribution >= 0.6 is 0 Å². The van der Waals surface area contributed by atoms with Gasteiger partial charge >= 0.3 is 0 Å². The van der Waals surface area contributed by atoms with Crippen LogP contribution in [-0.2, 0) is 0 Å². The predicted octanol–water partition coefficient (Wildman–Crippen LogP) is 2.03. The number of para-hydroxylation sites is 1. The van der Waals surface area contributed by atoms with Gasteiger partial charge in [0.1, 0.15) is 0 Å². The van der Waals surface area contributed by atoms with E-state index in [0.29, 0.717) is 0 Å². The molecule has 0 atom stereocenters. The molecule has 0 radical (unpaired) electrons. The van der Waals surface area contributed by atoms with Crippen molar-refractivity contribution < 1.29 is 5.21 Å². The highest BCUT2D eigenvalue weighted by atomic mass is 28.3. The standard InChI is InChI=1S/C9H15NOSi/c1-12(2,3)9-7-5-4-6-8(9)10-11/h4-7,10-11H,1-3H3. The van der Waals surface area contributed by atoms with E-state index in [9.17, 15) is 0 Å². The van der Waals surface area contributed by atoms with E-state index in [1.54, 1.807) is 0 Å². The maximum absolute atomic E-state index is 8.85. The third kappa shape index (κ3) is 1.87. The van der Waals surface area contributed by atoms with Crippen LogP contribution in [0.4, 0.5) is 5.69 Å². The zero-order valence-corrected chi connectivity index (χ0v) is 8.76. The fraction of sp³-hybridized carbons (Fsp3) is 0.333. The Morgan fingerprint density at radius 3 is 2.17 bits per heavy atom. The van der Waals surface area contributed by atoms with Gasteiger partial charge in [-0.1, -0.05) is 37.8 Å². The number of hydrogen-bond acceptors (Lipinski definition) is 2. The van der Waals surface area contributed by atoms with E-state index in [1.807, 2.05) is 18.2 Å². The molecule has 0 amide bonds. The van der Waals surface area contributed by atoms with E-state index in [0.717, 1.165) is 5.69 Å². The van der Waals surface area contributed by atoms with Crippen LogP contribution in [0.25, 0.3) is 0 Å². The summed E-state index contributed by atoms with van der Waals surface area (Å²) in [5, 5.41) is 10.1. The SMILES string of the molecule is C[Si](C)(C)c1ccccc1NO. The number of benzene rings is 1. The quantitative estimate of drug-likeness (QED) is 0.540. The Kier molecular flexibility index (Phi) is 2.54. The van der Waals surface area contributed by atoms with Crippen LogP contribution in [0.3, 0.4) is 0 Å². The lowest BCUT2D eigenvalue weighted by Gasteiger charge is -2.19. The van der Waals surface area contributed by atoms with Crippen molar-refractivity contribution in [2.75, 3.05) is 5.48 Å². The van der Waals surface area contributed by atoms with Gasteiger partial charge in [-0.2, -0.15) is 0 Å². The van der Waals surface area contributed by atoms with Crippen LogP contribution in [0.2, 0.25) is 19.6 Å². The van der Waals surface area contributed by atoms with Gasteiger partial charge < -0.3 is 0 Å². The molecule has 0 unspecified atom stereocenters. The molecule has 0 saturated heterocycles. The monoisotopic (exact) mass is 181 g/mol. The van der Waals surface area contributed by atoms with E-state index in [2.05, 4.69) is 31.2 Å². The lowest BCUT2D eigenvalue weighted by atomic mass is 10.3. The van der Waals surface area contributed by atoms with E-state index in [1.165, 1.54) is 5.19 Å². The molecule has 0 aromatic heterocycles. The molecule has 1 rings (SSSR count). The molecule has 0 spiro atoms. The molecule has 0 aliphatic carbocycles. The normalized spacial score (nSPS) is 11.3. The first-order valence-electron chi connectivity index (χ1n) is 4.05. The smallest absolute Gasteiger partial charge is 0.0804 e. The van der Waals surface area contributed by atoms with Gasteiger partial charge in [0.2, 0.25) is 0 Å². The second-order valence-electron chi connectivity index (χ2n) is 3.91. The minimum Gasteiger partial charge on any atom is -0.291 e. The number of nitrogens with one attached hydrogen (secondary N) is 1. The summed E-state index contributed by atoms with van der Waals surface area (Å²) < 4.78 is 0. The summed E-state index contributed by atoms with van der Waals surface area (Å²) in [6.07, 6.45) is 0. The lowest BCUT2D eigenvalue weighted by Crippen LogP contribution is -2.39. The zero-order chi connectivity index (χ0) is 9.19. The van der Waals surface area contributed by atoms with Gasteiger partial charge in [0.05, 0.1) is 13.8 Å². The van der Waals surface area contributed by atoms with Gasteiger partial charge in [0.15, 0.2) is 0 Å². The third-order valence-electron chi connectivity index (χ3n) is 1.86. The molecule has 1 aromatic rings. The molecule has 0 saturated carbocycles. The molecule has 0 aliphatic heterocycles. The molecule has 2 N–H and O–H groups in total. The topological polar surface area (TPSA) is 32.3 Å². The largest absolute Gasteiger partial charge is 0.291 e. The van der Waals surface area contributed by atoms with E-state index in [-0.39, 0.29) is 0 Å². The summed E-state index contributed by atoms with van der Waals surface area (Å²) in [7, 11) is -1.32. The van der Waals surface area contributed by atoms with Crippen LogP contribution in [0.5, 0.6) is 0 Å². The molecule has 12 heavy (non-hydrogen) atoms. The van der Waals surface area contributed by atoms with Crippen LogP contribution in [-0.4, -0.2) is 13.3 Å². The van der Waals surface area contributed by atoms with Crippen molar-refractivity contribution in [1.82, 2.24) is 0 Å². The molecule has 2 nitrogen and oxygen atoms in total. The summed E-state index contributed by atoms with van der Waals surface area (Å²) in [5.41, 5.74) is 3.08. The fourth-order valence-corrected chi connectivity index (χ4v) is 2.78. The molecule has 3 heteroatoms. The van der Waals surface area contributed by atoms with Crippen LogP contribution in [0.15, 0.2) is 24.3 Å². The highest BCUT2D eigenvalue weighted by Gasteiger charge is 2.19. The van der Waals surface area contributed by atoms with Crippen molar-refractivity contribution in [3.8, 4) is 0 Å². The summed E-state index contributed by atoms with van der Waals surface area (Å²) in [5.74, 6) is 0. The van der Waals surface area contributed by atoms with E-state index < -0.39 is 8.07 Å². The summed E-state index contributed by atoms with van der Waals surface area (Å²) in [6.45, 7) is 6.76. The third-order valence-corrected chi connectivity index (χ3v) is 3.91. The Labute approximate surface area is 74.2 Å². The van der Waals surface area contributed by atoms with Crippen LogP contribution in [0.1, 0.15) is 0 Å². The Bertz CT molecular complexity index is 267. The molecule has 66 valence electrons. The summed E-state index contributed by atoms with van der Waals surface area (Å²) >= 11 is 0. The van der Waals surface area contributed by atoms with Crippen molar-refractivity contribution in [2.24, 2.45) is 0 Å². The van der Waals surface area contributed by atoms with Gasteiger partial charge in [-0.25, -0.2) is 0 Å². The predicted molar refractivity (Wildman–Crippen MR) is 54.8 cm³/mol. The van der Waals surface area contributed by atoms with Crippen molar-refractivity contribution in [3.63, 3.8) is 0 Å². The molecule has 0 bridgehead atoms. The van der Waals surface area contributed by atoms with Crippen molar-refractivity contribution >= 4 is 18.9 Å². The number of anilines is 1. The van der Waals surface area contributed by atoms with E-state index >= 15 is 0 Å². The Balaban J connectivity index is 3.14. The number of hydrogen-bond donors (Lipinski definition) is 2. The highest BCUT2D eigenvalue weighted by molar-refractivity contribution is 6.89. The first-order valence-corrected chi connectivity index (χ1v) is 7.55. The van der Waals surface area contributed by atoms with E-state index in [4.69, 9.17) is 5.21 Å². The van der Waals surface area contributed by atoms with Crippen LogP contribution < -0.4 is 10.7 Å². The highest BCUT2D eigenvalue weighted by Crippen LogP contribution is 2.10. The first kappa shape index (κ1) is 9.29. The molecule has 0 aliphatic rings. The number of rotatable bonds is 2. The Hall–Kier alpha value is -0.803. The van der Waals surface area contributed by atoms with Crippen molar-refractivity contribution in [3.05, 3.63) is 24.3 Å². The second-order valence-corrected chi connectivity index (χ2v) is 8.95. The molecule has 1 aromatic carbocycles. The fourth-order valence-electron chi connectivity index (χ4n) is 1.23. The maximum atomic E-state index is 8.85. The minimum absolute atomic E-state index is 0.844. The van der Waals surface area contributed by atoms with Gasteiger partial charge in [0, 0.05) is 0 Å². The Morgan fingerprint density at radius 2 is 1.75 bits per heavy atom. The zero-order valence-electron chi connectivity index (χ0n) is 7.76. The molecular formula is C9H15NOSi. The Morgan fingerprint density at radius 1 is 1.17 bits per heavy atom. The van der Waals surface area contributed by atoms with Gasteiger partial charge in [-0.15, -0.1) is 0 Å². The lowest BCUT2D eigenvalue weighted by molar-refractivity contribution is 0.389. The molecular weight excluding hydrogens is 166 g/mol. The molecule has 0 fully saturated rings. The average Bonchev–Trinajstić information content (AvgIpc) is 2.03. The summed E-state index contributed by atoms with van der Waals surface area (Å²) in [4.78, 5) is 0. The van der Waals surface area contributed by atoms with Gasteiger partial charge in [-0.05, 0) is 11.3 Å². The van der Waals surface area contributed by atoms with Crippen LogP contribution in [0, 0.1) is 0 Å². The molecule has 0 heterocycles. The van der Waals surface area contributed by atoms with Crippen molar-refractivity contribution in [2.45, 2.75) is 19.6 Å². The maximum Gasteiger partial charge on any atom is 0.0804 e. The minimum atomic E-state index is -1.32. The second kappa shape index (κ2) is 3.29. The first-order chi connectivity index (χ1) is 5.55. The van der Waals surface area contributed by atoms with Gasteiger partial charge in [0.25, 0.3) is 0 Å². The average molecular weight is 181 g/mol.